The first-order valence-corrected chi connectivity index (χ1v) is 12.2. The summed E-state index contributed by atoms with van der Waals surface area (Å²) in [6.07, 6.45) is 0. The molecular formula is C24H21N3O5S2. The predicted octanol–water partition coefficient (Wildman–Crippen LogP) is 4.36. The largest absolute Gasteiger partial charge is 0.495 e. The van der Waals surface area contributed by atoms with Gasteiger partial charge in [0.05, 0.1) is 41.9 Å². The maximum atomic E-state index is 13.3. The molecule has 1 N–H and O–H groups in total. The lowest BCUT2D eigenvalue weighted by Crippen LogP contribution is -2.23. The molecule has 0 bridgehead atoms. The smallest absolute Gasteiger partial charge is 0.340 e. The van der Waals surface area contributed by atoms with E-state index in [9.17, 15) is 14.4 Å². The van der Waals surface area contributed by atoms with E-state index in [-0.39, 0.29) is 29.4 Å². The lowest BCUT2D eigenvalue weighted by Gasteiger charge is -2.15. The number of nitrogens with zero attached hydrogens (tertiary/aromatic N) is 2. The average molecular weight is 496 g/mol. The summed E-state index contributed by atoms with van der Waals surface area (Å²) in [6.45, 7) is 1.95. The molecule has 0 radical (unpaired) electrons. The molecule has 0 saturated carbocycles. The predicted molar refractivity (Wildman–Crippen MR) is 134 cm³/mol. The minimum atomic E-state index is -0.513. The third kappa shape index (κ3) is 4.82. The maximum Gasteiger partial charge on any atom is 0.340 e. The van der Waals surface area contributed by atoms with E-state index in [0.717, 1.165) is 11.8 Å². The number of nitrogens with one attached hydrogen (secondary N) is 1. The Balaban J connectivity index is 1.63. The third-order valence-corrected chi connectivity index (χ3v) is 6.63. The molecule has 2 heterocycles. The highest BCUT2D eigenvalue weighted by Crippen LogP contribution is 2.28. The summed E-state index contributed by atoms with van der Waals surface area (Å²) in [5.74, 6) is -0.389. The van der Waals surface area contributed by atoms with Crippen molar-refractivity contribution in [2.45, 2.75) is 12.1 Å². The van der Waals surface area contributed by atoms with E-state index in [1.807, 2.05) is 6.07 Å². The third-order valence-electron chi connectivity index (χ3n) is 4.80. The molecule has 0 atom stereocenters. The number of fused-ring (bicyclic) bond motifs is 1. The van der Waals surface area contributed by atoms with Crippen molar-refractivity contribution in [2.75, 3.05) is 24.8 Å². The monoisotopic (exact) mass is 495 g/mol. The summed E-state index contributed by atoms with van der Waals surface area (Å²) in [7, 11) is 1.53. The van der Waals surface area contributed by atoms with Crippen LogP contribution in [0, 0.1) is 0 Å². The van der Waals surface area contributed by atoms with Gasteiger partial charge in [0.15, 0.2) is 5.16 Å². The van der Waals surface area contributed by atoms with Crippen LogP contribution in [-0.2, 0) is 9.53 Å². The van der Waals surface area contributed by atoms with Crippen LogP contribution in [0.1, 0.15) is 17.3 Å². The normalized spacial score (nSPS) is 10.8. The zero-order chi connectivity index (χ0) is 24.1. The Morgan fingerprint density at radius 2 is 1.88 bits per heavy atom. The zero-order valence-electron chi connectivity index (χ0n) is 18.4. The number of carbonyl (C=O) groups excluding carboxylic acids is 2. The number of esters is 1. The van der Waals surface area contributed by atoms with Gasteiger partial charge < -0.3 is 14.8 Å². The summed E-state index contributed by atoms with van der Waals surface area (Å²) in [6, 6.07) is 15.5. The number of rotatable bonds is 8. The highest BCUT2D eigenvalue weighted by Gasteiger charge is 2.19. The Morgan fingerprint density at radius 1 is 1.12 bits per heavy atom. The number of para-hydroxylation sites is 3. The summed E-state index contributed by atoms with van der Waals surface area (Å²) >= 11 is 2.43. The zero-order valence-corrected chi connectivity index (χ0v) is 20.1. The first-order chi connectivity index (χ1) is 16.5. The molecule has 0 aliphatic carbocycles. The molecule has 0 aliphatic heterocycles. The van der Waals surface area contributed by atoms with Crippen molar-refractivity contribution in [1.29, 1.82) is 0 Å². The summed E-state index contributed by atoms with van der Waals surface area (Å²) in [5.41, 5.74) is 1.49. The van der Waals surface area contributed by atoms with Crippen LogP contribution in [0.4, 0.5) is 5.69 Å². The van der Waals surface area contributed by atoms with Gasteiger partial charge in [0.25, 0.3) is 5.56 Å². The molecule has 10 heteroatoms. The SMILES string of the molecule is CCOC(=O)c1ccccc1NC(=O)CSc1nc2ccsc2c(=O)n1-c1ccccc1OC. The number of anilines is 1. The van der Waals surface area contributed by atoms with E-state index < -0.39 is 5.97 Å². The molecule has 34 heavy (non-hydrogen) atoms. The van der Waals surface area contributed by atoms with Crippen molar-refractivity contribution in [3.8, 4) is 11.4 Å². The fraction of sp³-hybridized carbons (Fsp3) is 0.167. The minimum Gasteiger partial charge on any atom is -0.495 e. The van der Waals surface area contributed by atoms with Gasteiger partial charge in [-0.05, 0) is 42.6 Å². The van der Waals surface area contributed by atoms with Crippen molar-refractivity contribution in [1.82, 2.24) is 9.55 Å². The van der Waals surface area contributed by atoms with E-state index >= 15 is 0 Å². The number of amides is 1. The van der Waals surface area contributed by atoms with Crippen molar-refractivity contribution in [3.63, 3.8) is 0 Å². The first-order valence-electron chi connectivity index (χ1n) is 10.4. The van der Waals surface area contributed by atoms with Crippen LogP contribution in [0.3, 0.4) is 0 Å². The maximum absolute atomic E-state index is 13.3. The summed E-state index contributed by atoms with van der Waals surface area (Å²) < 4.78 is 12.5. The lowest BCUT2D eigenvalue weighted by atomic mass is 10.2. The van der Waals surface area contributed by atoms with Crippen molar-refractivity contribution >= 4 is 50.9 Å². The minimum absolute atomic E-state index is 0.0333. The molecule has 8 nitrogen and oxygen atoms in total. The standard InChI is InChI=1S/C24H21N3O5S2/c1-3-32-23(30)15-8-4-5-9-16(15)25-20(28)14-34-24-26-17-12-13-33-21(17)22(29)27(24)18-10-6-7-11-19(18)31-2/h4-13H,3,14H2,1-2H3,(H,25,28). The molecule has 4 rings (SSSR count). The number of carbonyl (C=O) groups is 2. The lowest BCUT2D eigenvalue weighted by molar-refractivity contribution is -0.113. The molecule has 0 saturated heterocycles. The Hall–Kier alpha value is -3.63. The van der Waals surface area contributed by atoms with Gasteiger partial charge in [-0.15, -0.1) is 11.3 Å². The Bertz CT molecular complexity index is 1410. The van der Waals surface area contributed by atoms with Crippen LogP contribution in [0.25, 0.3) is 15.9 Å². The molecule has 1 amide bonds. The van der Waals surface area contributed by atoms with Gasteiger partial charge >= 0.3 is 5.97 Å². The molecule has 0 aliphatic rings. The second-order valence-electron chi connectivity index (χ2n) is 6.94. The van der Waals surface area contributed by atoms with Crippen LogP contribution in [0.5, 0.6) is 5.75 Å². The van der Waals surface area contributed by atoms with Crippen LogP contribution in [0.15, 0.2) is 69.9 Å². The Labute approximate surface area is 203 Å². The molecule has 0 fully saturated rings. The molecular weight excluding hydrogens is 474 g/mol. The fourth-order valence-corrected chi connectivity index (χ4v) is 4.88. The van der Waals surface area contributed by atoms with Crippen molar-refractivity contribution < 1.29 is 19.1 Å². The molecule has 4 aromatic rings. The number of hydrogen-bond acceptors (Lipinski definition) is 8. The van der Waals surface area contributed by atoms with Crippen molar-refractivity contribution in [3.05, 3.63) is 75.9 Å². The quantitative estimate of drug-likeness (QED) is 0.220. The van der Waals surface area contributed by atoms with E-state index in [1.165, 1.54) is 23.0 Å². The number of benzene rings is 2. The highest BCUT2D eigenvalue weighted by molar-refractivity contribution is 7.99. The van der Waals surface area contributed by atoms with E-state index in [0.29, 0.717) is 32.5 Å². The molecule has 2 aromatic carbocycles. The Morgan fingerprint density at radius 3 is 2.68 bits per heavy atom. The van der Waals surface area contributed by atoms with Gasteiger partial charge in [-0.25, -0.2) is 9.78 Å². The molecule has 174 valence electrons. The van der Waals surface area contributed by atoms with E-state index in [1.54, 1.807) is 60.8 Å². The molecule has 0 unspecified atom stereocenters. The first kappa shape index (κ1) is 23.5. The number of aromatic nitrogens is 2. The van der Waals surface area contributed by atoms with Gasteiger partial charge in [-0.3, -0.25) is 14.2 Å². The van der Waals surface area contributed by atoms with Crippen LogP contribution >= 0.6 is 23.1 Å². The number of hydrogen-bond donors (Lipinski definition) is 1. The topological polar surface area (TPSA) is 99.5 Å². The van der Waals surface area contributed by atoms with E-state index in [4.69, 9.17) is 9.47 Å². The van der Waals surface area contributed by atoms with Crippen LogP contribution in [-0.4, -0.2) is 40.9 Å². The molecule has 0 spiro atoms. The number of thiophene rings is 1. The number of ether oxygens (including phenoxy) is 2. The van der Waals surface area contributed by atoms with Gasteiger partial charge in [-0.2, -0.15) is 0 Å². The molecule has 2 aromatic heterocycles. The van der Waals surface area contributed by atoms with Gasteiger partial charge in [0.1, 0.15) is 10.4 Å². The van der Waals surface area contributed by atoms with Crippen LogP contribution in [0.2, 0.25) is 0 Å². The van der Waals surface area contributed by atoms with Crippen molar-refractivity contribution in [2.24, 2.45) is 0 Å². The van der Waals surface area contributed by atoms with Crippen LogP contribution < -0.4 is 15.6 Å². The van der Waals surface area contributed by atoms with E-state index in [2.05, 4.69) is 10.3 Å². The highest BCUT2D eigenvalue weighted by atomic mass is 32.2. The number of thioether (sulfide) groups is 1. The van der Waals surface area contributed by atoms with Gasteiger partial charge in [0, 0.05) is 0 Å². The summed E-state index contributed by atoms with van der Waals surface area (Å²) in [4.78, 5) is 42.9. The Kier molecular flexibility index (Phi) is 7.29. The second-order valence-corrected chi connectivity index (χ2v) is 8.80. The fourth-order valence-electron chi connectivity index (χ4n) is 3.31. The summed E-state index contributed by atoms with van der Waals surface area (Å²) in [5, 5.41) is 4.91. The second kappa shape index (κ2) is 10.5. The van der Waals surface area contributed by atoms with Gasteiger partial charge in [-0.1, -0.05) is 36.0 Å². The van der Waals surface area contributed by atoms with Gasteiger partial charge in [0.2, 0.25) is 5.91 Å². The average Bonchev–Trinajstić information content (AvgIpc) is 3.32. The number of methoxy groups -OCH3 is 1.